The average Bonchev–Trinajstić information content (AvgIpc) is 2.72. The van der Waals surface area contributed by atoms with Crippen LogP contribution in [0.2, 0.25) is 0 Å². The van der Waals surface area contributed by atoms with Crippen LogP contribution >= 0.6 is 12.4 Å². The van der Waals surface area contributed by atoms with E-state index < -0.39 is 0 Å². The molecule has 0 aliphatic heterocycles. The third kappa shape index (κ3) is 2.78. The van der Waals surface area contributed by atoms with Crippen molar-refractivity contribution in [3.8, 4) is 0 Å². The fourth-order valence-electron chi connectivity index (χ4n) is 1.51. The third-order valence-electron chi connectivity index (χ3n) is 2.46. The van der Waals surface area contributed by atoms with Crippen LogP contribution in [0.5, 0.6) is 0 Å². The minimum Gasteiger partial charge on any atom is -0.463 e. The van der Waals surface area contributed by atoms with Gasteiger partial charge in [0.1, 0.15) is 11.8 Å². The van der Waals surface area contributed by atoms with E-state index >= 15 is 0 Å². The number of para-hydroxylation sites is 1. The number of carbonyl (C=O) groups is 1. The molecule has 17 heavy (non-hydrogen) atoms. The molecule has 0 unspecified atom stereocenters. The number of nitrogens with two attached hydrogens (primary N) is 1. The first-order valence-electron chi connectivity index (χ1n) is 5.19. The van der Waals surface area contributed by atoms with Crippen molar-refractivity contribution >= 4 is 29.3 Å². The Bertz CT molecular complexity index is 510. The third-order valence-corrected chi connectivity index (χ3v) is 2.46. The maximum absolute atomic E-state index is 11.9. The van der Waals surface area contributed by atoms with Crippen molar-refractivity contribution in [3.63, 3.8) is 0 Å². The van der Waals surface area contributed by atoms with Gasteiger partial charge in [-0.3, -0.25) is 4.79 Å². The highest BCUT2D eigenvalue weighted by atomic mass is 35.5. The van der Waals surface area contributed by atoms with E-state index in [4.69, 9.17) is 10.2 Å². The van der Waals surface area contributed by atoms with Gasteiger partial charge in [0.2, 0.25) is 0 Å². The second-order valence-corrected chi connectivity index (χ2v) is 3.76. The van der Waals surface area contributed by atoms with Crippen molar-refractivity contribution in [2.45, 2.75) is 13.0 Å². The van der Waals surface area contributed by atoms with Crippen molar-refractivity contribution in [3.05, 3.63) is 36.1 Å². The largest absolute Gasteiger partial charge is 0.463 e. The highest BCUT2D eigenvalue weighted by molar-refractivity contribution is 6.05. The van der Waals surface area contributed by atoms with Gasteiger partial charge in [-0.25, -0.2) is 0 Å². The summed E-state index contributed by atoms with van der Waals surface area (Å²) in [6, 6.07) is 7.40. The summed E-state index contributed by atoms with van der Waals surface area (Å²) in [6.45, 7) is 2.28. The van der Waals surface area contributed by atoms with Crippen molar-refractivity contribution in [1.29, 1.82) is 0 Å². The molecule has 1 amide bonds. The van der Waals surface area contributed by atoms with Gasteiger partial charge in [0.15, 0.2) is 0 Å². The lowest BCUT2D eigenvalue weighted by atomic mass is 10.1. The molecule has 0 bridgehead atoms. The van der Waals surface area contributed by atoms with Crippen LogP contribution in [0.1, 0.15) is 17.3 Å². The highest BCUT2D eigenvalue weighted by Crippen LogP contribution is 2.20. The maximum atomic E-state index is 11.9. The van der Waals surface area contributed by atoms with E-state index in [9.17, 15) is 4.79 Å². The number of nitrogens with one attached hydrogen (secondary N) is 1. The maximum Gasteiger partial charge on any atom is 0.255 e. The van der Waals surface area contributed by atoms with Gasteiger partial charge in [-0.1, -0.05) is 18.2 Å². The fraction of sp³-hybridized carbons (Fsp3) is 0.250. The first kappa shape index (κ1) is 13.5. The molecule has 3 N–H and O–H groups in total. The molecular weight excluding hydrogens is 240 g/mol. The average molecular weight is 255 g/mol. The number of furan rings is 1. The Morgan fingerprint density at radius 3 is 2.88 bits per heavy atom. The number of hydrogen-bond donors (Lipinski definition) is 2. The van der Waals surface area contributed by atoms with Crippen LogP contribution in [0, 0.1) is 0 Å². The normalized spacial score (nSPS) is 11.9. The van der Waals surface area contributed by atoms with Gasteiger partial charge in [-0.05, 0) is 13.0 Å². The summed E-state index contributed by atoms with van der Waals surface area (Å²) in [5.41, 5.74) is 6.72. The molecule has 4 nitrogen and oxygen atoms in total. The predicted molar refractivity (Wildman–Crippen MR) is 69.4 cm³/mol. The van der Waals surface area contributed by atoms with Crippen LogP contribution in [0.3, 0.4) is 0 Å². The van der Waals surface area contributed by atoms with Gasteiger partial charge in [-0.15, -0.1) is 12.4 Å². The zero-order valence-corrected chi connectivity index (χ0v) is 10.3. The first-order valence-corrected chi connectivity index (χ1v) is 5.19. The van der Waals surface area contributed by atoms with Crippen LogP contribution in [-0.4, -0.2) is 18.5 Å². The van der Waals surface area contributed by atoms with Gasteiger partial charge in [0.05, 0.1) is 5.56 Å². The Morgan fingerprint density at radius 2 is 2.18 bits per heavy atom. The molecule has 5 heteroatoms. The molecule has 2 rings (SSSR count). The Labute approximate surface area is 106 Å². The fourth-order valence-corrected chi connectivity index (χ4v) is 1.51. The molecule has 0 fully saturated rings. The second kappa shape index (κ2) is 5.70. The predicted octanol–water partition coefficient (Wildman–Crippen LogP) is 1.93. The van der Waals surface area contributed by atoms with Crippen LogP contribution in [0.15, 0.2) is 34.9 Å². The molecule has 0 saturated carbocycles. The smallest absolute Gasteiger partial charge is 0.255 e. The Balaban J connectivity index is 0.00000144. The molecule has 0 radical (unpaired) electrons. The van der Waals surface area contributed by atoms with Gasteiger partial charge in [-0.2, -0.15) is 0 Å². The number of benzene rings is 1. The van der Waals surface area contributed by atoms with Crippen molar-refractivity contribution < 1.29 is 9.21 Å². The molecule has 0 aliphatic rings. The van der Waals surface area contributed by atoms with E-state index in [0.717, 1.165) is 5.39 Å². The molecule has 1 atom stereocenters. The number of halogens is 1. The standard InChI is InChI=1S/C12H14N2O2.ClH/c1-8(6-13)14-12(15)10-7-16-11-5-3-2-4-9(10)11;/h2-5,7-8H,6,13H2,1H3,(H,14,15);1H/t8-;/m0./s1. The van der Waals surface area contributed by atoms with E-state index in [1.165, 1.54) is 6.26 Å². The van der Waals surface area contributed by atoms with E-state index in [-0.39, 0.29) is 24.4 Å². The van der Waals surface area contributed by atoms with Crippen molar-refractivity contribution in [2.24, 2.45) is 5.73 Å². The molecule has 0 spiro atoms. The molecule has 1 heterocycles. The summed E-state index contributed by atoms with van der Waals surface area (Å²) in [7, 11) is 0. The highest BCUT2D eigenvalue weighted by Gasteiger charge is 2.14. The zero-order chi connectivity index (χ0) is 11.5. The van der Waals surface area contributed by atoms with Crippen LogP contribution in [-0.2, 0) is 0 Å². The number of rotatable bonds is 3. The van der Waals surface area contributed by atoms with Crippen LogP contribution in [0.4, 0.5) is 0 Å². The Hall–Kier alpha value is -1.52. The van der Waals surface area contributed by atoms with Crippen molar-refractivity contribution in [2.75, 3.05) is 6.54 Å². The van der Waals surface area contributed by atoms with Crippen LogP contribution < -0.4 is 11.1 Å². The summed E-state index contributed by atoms with van der Waals surface area (Å²) >= 11 is 0. The summed E-state index contributed by atoms with van der Waals surface area (Å²) in [5, 5.41) is 3.62. The van der Waals surface area contributed by atoms with E-state index in [2.05, 4.69) is 5.32 Å². The summed E-state index contributed by atoms with van der Waals surface area (Å²) in [5.74, 6) is -0.150. The van der Waals surface area contributed by atoms with Crippen molar-refractivity contribution in [1.82, 2.24) is 5.32 Å². The summed E-state index contributed by atoms with van der Waals surface area (Å²) in [4.78, 5) is 11.9. The molecule has 0 aliphatic carbocycles. The molecule has 92 valence electrons. The molecular formula is C12H15ClN2O2. The first-order chi connectivity index (χ1) is 7.72. The quantitative estimate of drug-likeness (QED) is 0.880. The lowest BCUT2D eigenvalue weighted by Crippen LogP contribution is -2.37. The summed E-state index contributed by atoms with van der Waals surface area (Å²) < 4.78 is 5.29. The second-order valence-electron chi connectivity index (χ2n) is 3.76. The lowest BCUT2D eigenvalue weighted by Gasteiger charge is -2.09. The molecule has 1 aromatic carbocycles. The van der Waals surface area contributed by atoms with Gasteiger partial charge in [0, 0.05) is 18.0 Å². The zero-order valence-electron chi connectivity index (χ0n) is 9.47. The van der Waals surface area contributed by atoms with E-state index in [1.807, 2.05) is 31.2 Å². The minimum atomic E-state index is -0.150. The molecule has 2 aromatic rings. The Kier molecular flexibility index (Phi) is 4.54. The van der Waals surface area contributed by atoms with E-state index in [1.54, 1.807) is 0 Å². The Morgan fingerprint density at radius 1 is 1.47 bits per heavy atom. The number of amides is 1. The SMILES string of the molecule is C[C@@H](CN)NC(=O)c1coc2ccccc12.Cl. The topological polar surface area (TPSA) is 68.3 Å². The minimum absolute atomic E-state index is 0. The van der Waals surface area contributed by atoms with Crippen LogP contribution in [0.25, 0.3) is 11.0 Å². The molecule has 1 aromatic heterocycles. The number of hydrogen-bond acceptors (Lipinski definition) is 3. The summed E-state index contributed by atoms with van der Waals surface area (Å²) in [6.07, 6.45) is 1.48. The molecule has 0 saturated heterocycles. The van der Waals surface area contributed by atoms with E-state index in [0.29, 0.717) is 17.7 Å². The van der Waals surface area contributed by atoms with Gasteiger partial charge in [0.25, 0.3) is 5.91 Å². The lowest BCUT2D eigenvalue weighted by molar-refractivity contribution is 0.0942. The number of carbonyl (C=O) groups excluding carboxylic acids is 1. The number of fused-ring (bicyclic) bond motifs is 1. The van der Waals surface area contributed by atoms with Gasteiger partial charge < -0.3 is 15.5 Å². The van der Waals surface area contributed by atoms with Gasteiger partial charge >= 0.3 is 0 Å². The monoisotopic (exact) mass is 254 g/mol.